The molecular formula is C16H29IN4O. The van der Waals surface area contributed by atoms with Crippen LogP contribution in [-0.2, 0) is 4.79 Å². The van der Waals surface area contributed by atoms with Gasteiger partial charge in [0.2, 0.25) is 5.91 Å². The molecule has 0 heterocycles. The summed E-state index contributed by atoms with van der Waals surface area (Å²) in [4.78, 5) is 18.5. The Bertz CT molecular complexity index is 420. The van der Waals surface area contributed by atoms with Gasteiger partial charge in [0.25, 0.3) is 0 Å². The monoisotopic (exact) mass is 420 g/mol. The van der Waals surface area contributed by atoms with Gasteiger partial charge in [-0.15, -0.1) is 24.0 Å². The number of guanidine groups is 1. The molecule has 0 unspecified atom stereocenters. The molecule has 0 saturated heterocycles. The van der Waals surface area contributed by atoms with Crippen LogP contribution in [-0.4, -0.2) is 50.5 Å². The Labute approximate surface area is 151 Å². The van der Waals surface area contributed by atoms with E-state index < -0.39 is 0 Å². The van der Waals surface area contributed by atoms with Crippen LogP contribution < -0.4 is 10.6 Å². The Hall–Kier alpha value is -0.790. The summed E-state index contributed by atoms with van der Waals surface area (Å²) in [7, 11) is 5.48. The van der Waals surface area contributed by atoms with Gasteiger partial charge in [0, 0.05) is 33.7 Å². The predicted molar refractivity (Wildman–Crippen MR) is 102 cm³/mol. The van der Waals surface area contributed by atoms with E-state index in [1.165, 1.54) is 0 Å². The molecule has 1 saturated carbocycles. The summed E-state index contributed by atoms with van der Waals surface area (Å²) in [6, 6.07) is 0.431. The molecule has 0 aromatic heterocycles. The molecule has 126 valence electrons. The molecule has 22 heavy (non-hydrogen) atoms. The Morgan fingerprint density at radius 1 is 1.27 bits per heavy atom. The molecule has 2 aliphatic rings. The van der Waals surface area contributed by atoms with E-state index in [1.807, 2.05) is 14.1 Å². The number of amides is 1. The smallest absolute Gasteiger partial charge is 0.230 e. The van der Waals surface area contributed by atoms with Gasteiger partial charge < -0.3 is 15.5 Å². The first kappa shape index (κ1) is 19.3. The third kappa shape index (κ3) is 4.60. The summed E-state index contributed by atoms with van der Waals surface area (Å²) in [6.45, 7) is 0.670. The number of hydrogen-bond acceptors (Lipinski definition) is 2. The fourth-order valence-corrected chi connectivity index (χ4v) is 3.37. The van der Waals surface area contributed by atoms with Crippen molar-refractivity contribution in [2.75, 3.05) is 27.7 Å². The van der Waals surface area contributed by atoms with E-state index >= 15 is 0 Å². The minimum Gasteiger partial charge on any atom is -0.355 e. The number of halogens is 1. The third-order valence-electron chi connectivity index (χ3n) is 4.59. The summed E-state index contributed by atoms with van der Waals surface area (Å²) in [5, 5.41) is 6.80. The first-order valence-corrected chi connectivity index (χ1v) is 7.91. The fraction of sp³-hybridized carbons (Fsp3) is 0.750. The molecule has 0 spiro atoms. The van der Waals surface area contributed by atoms with E-state index in [9.17, 15) is 4.79 Å². The molecule has 1 amide bonds. The molecular weight excluding hydrogens is 391 g/mol. The number of nitrogens with zero attached hydrogens (tertiary/aromatic N) is 2. The highest BCUT2D eigenvalue weighted by Crippen LogP contribution is 2.38. The molecule has 0 aromatic carbocycles. The lowest BCUT2D eigenvalue weighted by molar-refractivity contribution is -0.138. The molecule has 2 rings (SSSR count). The van der Waals surface area contributed by atoms with E-state index in [1.54, 1.807) is 11.9 Å². The number of hydrogen-bond donors (Lipinski definition) is 2. The van der Waals surface area contributed by atoms with Gasteiger partial charge in [0.1, 0.15) is 0 Å². The normalized spacial score (nSPS) is 20.6. The molecule has 0 aliphatic heterocycles. The van der Waals surface area contributed by atoms with E-state index in [4.69, 9.17) is 0 Å². The average molecular weight is 420 g/mol. The average Bonchev–Trinajstić information content (AvgIpc) is 3.14. The van der Waals surface area contributed by atoms with Crippen LogP contribution in [0.2, 0.25) is 0 Å². The lowest BCUT2D eigenvalue weighted by Gasteiger charge is -2.31. The molecule has 1 fully saturated rings. The molecule has 2 aliphatic carbocycles. The Kier molecular flexibility index (Phi) is 7.65. The van der Waals surface area contributed by atoms with Crippen LogP contribution in [0.4, 0.5) is 0 Å². The topological polar surface area (TPSA) is 56.7 Å². The van der Waals surface area contributed by atoms with Crippen molar-refractivity contribution in [1.82, 2.24) is 15.5 Å². The van der Waals surface area contributed by atoms with Gasteiger partial charge in [0.15, 0.2) is 5.96 Å². The van der Waals surface area contributed by atoms with Crippen molar-refractivity contribution in [1.29, 1.82) is 0 Å². The zero-order valence-electron chi connectivity index (χ0n) is 13.9. The maximum absolute atomic E-state index is 12.5. The minimum absolute atomic E-state index is 0. The van der Waals surface area contributed by atoms with Crippen LogP contribution in [0.15, 0.2) is 17.1 Å². The Morgan fingerprint density at radius 3 is 2.36 bits per heavy atom. The highest BCUT2D eigenvalue weighted by Gasteiger charge is 2.42. The molecule has 0 radical (unpaired) electrons. The first-order valence-electron chi connectivity index (χ1n) is 7.91. The molecule has 0 atom stereocenters. The van der Waals surface area contributed by atoms with Crippen molar-refractivity contribution in [3.05, 3.63) is 12.2 Å². The fourth-order valence-electron chi connectivity index (χ4n) is 3.37. The van der Waals surface area contributed by atoms with Gasteiger partial charge in [-0.3, -0.25) is 9.79 Å². The van der Waals surface area contributed by atoms with Crippen molar-refractivity contribution in [2.45, 2.75) is 44.6 Å². The molecule has 0 bridgehead atoms. The second kappa shape index (κ2) is 8.74. The number of aliphatic imine (C=N–C) groups is 1. The van der Waals surface area contributed by atoms with Crippen molar-refractivity contribution in [3.8, 4) is 0 Å². The van der Waals surface area contributed by atoms with Crippen LogP contribution in [0.3, 0.4) is 0 Å². The quantitative estimate of drug-likeness (QED) is 0.317. The zero-order valence-corrected chi connectivity index (χ0v) is 16.2. The van der Waals surface area contributed by atoms with Gasteiger partial charge in [0.05, 0.1) is 5.41 Å². The SMILES string of the molecule is CN=C(NCC1(C(=O)N(C)C)CCCC1)NC1CC=CC1.I. The predicted octanol–water partition coefficient (Wildman–Crippen LogP) is 2.14. The lowest BCUT2D eigenvalue weighted by Crippen LogP contribution is -2.50. The Balaban J connectivity index is 0.00000242. The van der Waals surface area contributed by atoms with Crippen molar-refractivity contribution >= 4 is 35.8 Å². The summed E-state index contributed by atoms with van der Waals surface area (Å²) in [6.07, 6.45) is 10.7. The summed E-state index contributed by atoms with van der Waals surface area (Å²) >= 11 is 0. The van der Waals surface area contributed by atoms with Gasteiger partial charge in [-0.2, -0.15) is 0 Å². The first-order chi connectivity index (χ1) is 10.1. The van der Waals surface area contributed by atoms with Crippen molar-refractivity contribution in [2.24, 2.45) is 10.4 Å². The van der Waals surface area contributed by atoms with Crippen molar-refractivity contribution < 1.29 is 4.79 Å². The maximum Gasteiger partial charge on any atom is 0.230 e. The zero-order chi connectivity index (χ0) is 15.3. The number of carbonyl (C=O) groups excluding carboxylic acids is 1. The molecule has 2 N–H and O–H groups in total. The van der Waals surface area contributed by atoms with E-state index in [0.29, 0.717) is 12.6 Å². The van der Waals surface area contributed by atoms with Gasteiger partial charge in [-0.1, -0.05) is 25.0 Å². The van der Waals surface area contributed by atoms with Gasteiger partial charge >= 0.3 is 0 Å². The number of rotatable bonds is 4. The van der Waals surface area contributed by atoms with E-state index in [-0.39, 0.29) is 35.3 Å². The molecule has 0 aromatic rings. The van der Waals surface area contributed by atoms with E-state index in [0.717, 1.165) is 44.5 Å². The van der Waals surface area contributed by atoms with Crippen LogP contribution in [0.1, 0.15) is 38.5 Å². The highest BCUT2D eigenvalue weighted by molar-refractivity contribution is 14.0. The van der Waals surface area contributed by atoms with Crippen molar-refractivity contribution in [3.63, 3.8) is 0 Å². The van der Waals surface area contributed by atoms with E-state index in [2.05, 4.69) is 27.8 Å². The van der Waals surface area contributed by atoms with Crippen LogP contribution in [0.25, 0.3) is 0 Å². The van der Waals surface area contributed by atoms with Crippen LogP contribution in [0, 0.1) is 5.41 Å². The lowest BCUT2D eigenvalue weighted by atomic mass is 9.84. The number of nitrogens with one attached hydrogen (secondary N) is 2. The molecule has 6 heteroatoms. The largest absolute Gasteiger partial charge is 0.355 e. The number of carbonyl (C=O) groups is 1. The van der Waals surface area contributed by atoms with Crippen LogP contribution in [0.5, 0.6) is 0 Å². The molecule has 5 nitrogen and oxygen atoms in total. The van der Waals surface area contributed by atoms with Crippen LogP contribution >= 0.6 is 24.0 Å². The highest BCUT2D eigenvalue weighted by atomic mass is 127. The summed E-state index contributed by atoms with van der Waals surface area (Å²) in [5.41, 5.74) is -0.255. The van der Waals surface area contributed by atoms with Gasteiger partial charge in [-0.25, -0.2) is 0 Å². The second-order valence-electron chi connectivity index (χ2n) is 6.40. The van der Waals surface area contributed by atoms with Gasteiger partial charge in [-0.05, 0) is 25.7 Å². The summed E-state index contributed by atoms with van der Waals surface area (Å²) < 4.78 is 0. The second-order valence-corrected chi connectivity index (χ2v) is 6.40. The maximum atomic E-state index is 12.5. The minimum atomic E-state index is -0.255. The Morgan fingerprint density at radius 2 is 1.86 bits per heavy atom. The summed E-state index contributed by atoms with van der Waals surface area (Å²) in [5.74, 6) is 1.05. The standard InChI is InChI=1S/C16H28N4O.HI/c1-17-15(19-13-8-4-5-9-13)18-12-16(10-6-7-11-16)14(21)20(2)3;/h4-5,13H,6-12H2,1-3H3,(H2,17,18,19);1H. The third-order valence-corrected chi connectivity index (χ3v) is 4.59.